The Morgan fingerprint density at radius 2 is 2.05 bits per heavy atom. The first kappa shape index (κ1) is 15.8. The molecule has 1 saturated carbocycles. The van der Waals surface area contributed by atoms with Crippen molar-refractivity contribution < 1.29 is 0 Å². The van der Waals surface area contributed by atoms with E-state index in [1.54, 1.807) is 0 Å². The average molecular weight is 295 g/mol. The molecule has 1 heterocycles. The van der Waals surface area contributed by atoms with Gasteiger partial charge in [-0.15, -0.1) is 11.3 Å². The molecule has 0 aliphatic heterocycles. The maximum Gasteiger partial charge on any atom is 0.185 e. The van der Waals surface area contributed by atoms with Gasteiger partial charge in [-0.1, -0.05) is 27.7 Å². The second kappa shape index (κ2) is 6.90. The number of nitrogens with one attached hydrogen (secondary N) is 1. The highest BCUT2D eigenvalue weighted by Crippen LogP contribution is 2.35. The van der Waals surface area contributed by atoms with Crippen LogP contribution in [0.4, 0.5) is 5.13 Å². The summed E-state index contributed by atoms with van der Waals surface area (Å²) in [6.45, 7) is 11.1. The summed E-state index contributed by atoms with van der Waals surface area (Å²) in [6, 6.07) is 0.523. The minimum absolute atomic E-state index is 0.523. The molecule has 0 aromatic carbocycles. The molecule has 1 aromatic heterocycles. The lowest BCUT2D eigenvalue weighted by molar-refractivity contribution is 0.584. The third-order valence-electron chi connectivity index (χ3n) is 4.02. The number of anilines is 1. The maximum absolute atomic E-state index is 4.94. The first-order chi connectivity index (χ1) is 9.51. The van der Waals surface area contributed by atoms with Crippen LogP contribution in [0.15, 0.2) is 0 Å². The number of nitrogens with zero attached hydrogens (tertiary/aromatic N) is 2. The molecule has 0 bridgehead atoms. The number of rotatable bonds is 8. The molecular formula is C16H29N3S. The molecule has 1 aliphatic rings. The number of hydrogen-bond acceptors (Lipinski definition) is 4. The molecule has 114 valence electrons. The Morgan fingerprint density at radius 3 is 2.60 bits per heavy atom. The molecule has 0 saturated heterocycles. The molecule has 0 spiro atoms. The van der Waals surface area contributed by atoms with E-state index in [2.05, 4.69) is 45.0 Å². The normalized spacial score (nSPS) is 16.7. The van der Waals surface area contributed by atoms with Crippen molar-refractivity contribution in [2.24, 2.45) is 5.92 Å². The number of aromatic nitrogens is 1. The summed E-state index contributed by atoms with van der Waals surface area (Å²) in [5.74, 6) is 1.46. The molecule has 4 heteroatoms. The van der Waals surface area contributed by atoms with E-state index in [4.69, 9.17) is 4.98 Å². The van der Waals surface area contributed by atoms with E-state index in [1.165, 1.54) is 35.1 Å². The van der Waals surface area contributed by atoms with Crippen molar-refractivity contribution >= 4 is 16.5 Å². The van der Waals surface area contributed by atoms with Crippen molar-refractivity contribution in [1.82, 2.24) is 10.3 Å². The predicted octanol–water partition coefficient (Wildman–Crippen LogP) is 4.00. The van der Waals surface area contributed by atoms with Crippen LogP contribution in [0.2, 0.25) is 0 Å². The molecule has 3 nitrogen and oxygen atoms in total. The van der Waals surface area contributed by atoms with Crippen molar-refractivity contribution in [3.05, 3.63) is 10.6 Å². The van der Waals surface area contributed by atoms with Gasteiger partial charge in [0.15, 0.2) is 5.13 Å². The first-order valence-electron chi connectivity index (χ1n) is 7.95. The maximum atomic E-state index is 4.94. The molecule has 1 N–H and O–H groups in total. The van der Waals surface area contributed by atoms with Gasteiger partial charge in [-0.05, 0) is 31.1 Å². The van der Waals surface area contributed by atoms with Crippen LogP contribution in [-0.4, -0.2) is 24.6 Å². The van der Waals surface area contributed by atoms with Crippen LogP contribution in [-0.2, 0) is 6.54 Å². The summed E-state index contributed by atoms with van der Waals surface area (Å²) in [4.78, 5) is 8.72. The van der Waals surface area contributed by atoms with E-state index in [1.807, 2.05) is 11.3 Å². The van der Waals surface area contributed by atoms with Crippen LogP contribution >= 0.6 is 11.3 Å². The minimum Gasteiger partial charge on any atom is -0.351 e. The molecule has 20 heavy (non-hydrogen) atoms. The smallest absolute Gasteiger partial charge is 0.185 e. The van der Waals surface area contributed by atoms with Gasteiger partial charge in [0.05, 0.1) is 5.69 Å². The van der Waals surface area contributed by atoms with E-state index in [0.717, 1.165) is 18.9 Å². The lowest BCUT2D eigenvalue weighted by atomic mass is 10.0. The highest BCUT2D eigenvalue weighted by molar-refractivity contribution is 7.15. The molecule has 1 unspecified atom stereocenters. The highest BCUT2D eigenvalue weighted by atomic mass is 32.1. The molecule has 1 fully saturated rings. The molecule has 1 aromatic rings. The standard InChI is InChI=1S/C16H29N3S/c1-6-12(4)15-14(9-17-11(2)3)20-16(18-15)19(5)10-13-7-8-13/h11-13,17H,6-10H2,1-5H3. The van der Waals surface area contributed by atoms with Crippen molar-refractivity contribution in [1.29, 1.82) is 0 Å². The van der Waals surface area contributed by atoms with Gasteiger partial charge in [-0.25, -0.2) is 4.98 Å². The monoisotopic (exact) mass is 295 g/mol. The fourth-order valence-corrected chi connectivity index (χ4v) is 3.38. The van der Waals surface area contributed by atoms with Crippen LogP contribution in [0.1, 0.15) is 63.4 Å². The van der Waals surface area contributed by atoms with Crippen LogP contribution in [0.25, 0.3) is 0 Å². The Kier molecular flexibility index (Phi) is 5.44. The highest BCUT2D eigenvalue weighted by Gasteiger charge is 2.25. The summed E-state index contributed by atoms with van der Waals surface area (Å²) in [5.41, 5.74) is 1.31. The molecule has 0 amide bonds. The molecular weight excluding hydrogens is 266 g/mol. The first-order valence-corrected chi connectivity index (χ1v) is 8.77. The van der Waals surface area contributed by atoms with Gasteiger partial charge in [-0.3, -0.25) is 0 Å². The second-order valence-electron chi connectivity index (χ2n) is 6.47. The van der Waals surface area contributed by atoms with Crippen molar-refractivity contribution in [2.45, 2.75) is 65.5 Å². The average Bonchev–Trinajstić information content (AvgIpc) is 3.11. The Hall–Kier alpha value is -0.610. The molecule has 1 aliphatic carbocycles. The van der Waals surface area contributed by atoms with Crippen LogP contribution in [0.5, 0.6) is 0 Å². The van der Waals surface area contributed by atoms with Crippen LogP contribution < -0.4 is 10.2 Å². The lowest BCUT2D eigenvalue weighted by Crippen LogP contribution is -2.22. The van der Waals surface area contributed by atoms with E-state index < -0.39 is 0 Å². The van der Waals surface area contributed by atoms with E-state index in [9.17, 15) is 0 Å². The summed E-state index contributed by atoms with van der Waals surface area (Å²) < 4.78 is 0. The van der Waals surface area contributed by atoms with Gasteiger partial charge < -0.3 is 10.2 Å². The zero-order valence-corrected chi connectivity index (χ0v) is 14.4. The third kappa shape index (κ3) is 4.19. The summed E-state index contributed by atoms with van der Waals surface area (Å²) in [7, 11) is 2.19. The van der Waals surface area contributed by atoms with Gasteiger partial charge >= 0.3 is 0 Å². The predicted molar refractivity (Wildman–Crippen MR) is 88.8 cm³/mol. The Balaban J connectivity index is 2.11. The summed E-state index contributed by atoms with van der Waals surface area (Å²) in [5, 5.41) is 4.74. The zero-order valence-electron chi connectivity index (χ0n) is 13.6. The van der Waals surface area contributed by atoms with Crippen molar-refractivity contribution in [3.63, 3.8) is 0 Å². The van der Waals surface area contributed by atoms with E-state index in [0.29, 0.717) is 12.0 Å². The topological polar surface area (TPSA) is 28.2 Å². The fourth-order valence-electron chi connectivity index (χ4n) is 2.28. The Labute approximate surface area is 127 Å². The van der Waals surface area contributed by atoms with Gasteiger partial charge in [0.1, 0.15) is 0 Å². The van der Waals surface area contributed by atoms with Gasteiger partial charge in [0.25, 0.3) is 0 Å². The SMILES string of the molecule is CCC(C)c1nc(N(C)CC2CC2)sc1CNC(C)C. The van der Waals surface area contributed by atoms with Crippen LogP contribution in [0.3, 0.4) is 0 Å². The largest absolute Gasteiger partial charge is 0.351 e. The third-order valence-corrected chi connectivity index (χ3v) is 5.21. The summed E-state index contributed by atoms with van der Waals surface area (Å²) >= 11 is 1.88. The van der Waals surface area contributed by atoms with Gasteiger partial charge in [0.2, 0.25) is 0 Å². The Bertz CT molecular complexity index is 423. The summed E-state index contributed by atoms with van der Waals surface area (Å²) in [6.07, 6.45) is 3.95. The van der Waals surface area contributed by atoms with Crippen molar-refractivity contribution in [3.8, 4) is 0 Å². The second-order valence-corrected chi connectivity index (χ2v) is 7.54. The van der Waals surface area contributed by atoms with Crippen LogP contribution in [0, 0.1) is 5.92 Å². The Morgan fingerprint density at radius 1 is 1.35 bits per heavy atom. The van der Waals surface area contributed by atoms with Crippen molar-refractivity contribution in [2.75, 3.05) is 18.5 Å². The molecule has 2 rings (SSSR count). The zero-order chi connectivity index (χ0) is 14.7. The number of hydrogen-bond donors (Lipinski definition) is 1. The quantitative estimate of drug-likeness (QED) is 0.785. The minimum atomic E-state index is 0.523. The lowest BCUT2D eigenvalue weighted by Gasteiger charge is -2.14. The van der Waals surface area contributed by atoms with Gasteiger partial charge in [0, 0.05) is 31.1 Å². The van der Waals surface area contributed by atoms with E-state index in [-0.39, 0.29) is 0 Å². The molecule has 1 atom stereocenters. The number of thiazole rings is 1. The molecule has 0 radical (unpaired) electrons. The van der Waals surface area contributed by atoms with E-state index >= 15 is 0 Å². The van der Waals surface area contributed by atoms with Gasteiger partial charge in [-0.2, -0.15) is 0 Å². The fraction of sp³-hybridized carbons (Fsp3) is 0.812.